The molecule has 6 atom stereocenters. The van der Waals surface area contributed by atoms with Gasteiger partial charge in [0.2, 0.25) is 0 Å². The minimum atomic E-state index is -0.232. The van der Waals surface area contributed by atoms with Crippen molar-refractivity contribution in [2.75, 3.05) is 64.0 Å². The molecule has 0 bridgehead atoms. The highest BCUT2D eigenvalue weighted by atomic mass is 127. The molecule has 0 aromatic heterocycles. The molecule has 430 valence electrons. The van der Waals surface area contributed by atoms with Gasteiger partial charge in [-0.25, -0.2) is 13.2 Å². The first-order valence-corrected chi connectivity index (χ1v) is 33.0. The van der Waals surface area contributed by atoms with Crippen molar-refractivity contribution in [3.05, 3.63) is 267 Å². The van der Waals surface area contributed by atoms with E-state index in [-0.39, 0.29) is 51.5 Å². The number of nitrogens with zero attached hydrogens (tertiary/aromatic N) is 2. The second kappa shape index (κ2) is 34.2. The topological polar surface area (TPSA) is 46.2 Å². The minimum absolute atomic E-state index is 0.0107. The van der Waals surface area contributed by atoms with Crippen LogP contribution in [-0.4, -0.2) is 92.1 Å². The zero-order valence-electron chi connectivity index (χ0n) is 45.4. The summed E-state index contributed by atoms with van der Waals surface area (Å²) >= 11 is 26.2. The fourth-order valence-electron chi connectivity index (χ4n) is 9.74. The summed E-state index contributed by atoms with van der Waals surface area (Å²) in [6.45, 7) is 8.69. The van der Waals surface area contributed by atoms with E-state index in [1.807, 2.05) is 108 Å². The third-order valence-corrected chi connectivity index (χ3v) is 19.3. The number of ether oxygens (including phenoxy) is 3. The smallest absolute Gasteiger partial charge is 0.123 e. The molecule has 8 aromatic rings. The molecule has 3 heterocycles. The van der Waals surface area contributed by atoms with Crippen LogP contribution >= 0.6 is 92.7 Å². The zero-order valence-corrected chi connectivity index (χ0v) is 52.2. The maximum absolute atomic E-state index is 14.0. The summed E-state index contributed by atoms with van der Waals surface area (Å²) in [5.41, 5.74) is 5.32. The van der Waals surface area contributed by atoms with E-state index in [9.17, 15) is 13.2 Å². The predicted octanol–water partition coefficient (Wildman–Crippen LogP) is 17.8. The Kier molecular flexibility index (Phi) is 26.7. The second-order valence-corrected chi connectivity index (χ2v) is 24.2. The molecule has 3 fully saturated rings. The monoisotopic (exact) mass is 1330 g/mol. The molecule has 82 heavy (non-hydrogen) atoms. The molecule has 11 rings (SSSR count). The van der Waals surface area contributed by atoms with E-state index in [0.717, 1.165) is 83.7 Å². The van der Waals surface area contributed by atoms with Gasteiger partial charge in [0.25, 0.3) is 0 Å². The number of halogens is 7. The van der Waals surface area contributed by atoms with Crippen LogP contribution in [0.25, 0.3) is 0 Å². The van der Waals surface area contributed by atoms with E-state index in [4.69, 9.17) is 49.0 Å². The standard InChI is InChI=1S/2C24H23ClFNOS.C17H17ClFNOS.CH3I/c2*25-21-11-4-5-12-23(21)29-24(19-9-6-10-20(26)15-19)22-17-27(13-14-28-22)16-18-7-2-1-3-8-18;18-14-6-1-2-7-16(14)22-17(15-11-20-8-9-21-15)12-4-3-5-13(19)10-12;1-2/h2*1-12,15,22,24H,13-14,16-17H2;1-7,10,15,17,20H,8-9,11H2;1H3/t2*22-,24-;15-,17-;/m101./s1. The number of hydrogen-bond acceptors (Lipinski definition) is 9. The normalized spacial score (nSPS) is 18.5. The third kappa shape index (κ3) is 19.8. The van der Waals surface area contributed by atoms with E-state index in [2.05, 4.69) is 86.2 Å². The molecule has 0 spiro atoms. The summed E-state index contributed by atoms with van der Waals surface area (Å²) < 4.78 is 59.9. The van der Waals surface area contributed by atoms with Crippen LogP contribution in [0.5, 0.6) is 0 Å². The Morgan fingerprint density at radius 1 is 0.451 bits per heavy atom. The van der Waals surface area contributed by atoms with Crippen molar-refractivity contribution in [1.29, 1.82) is 0 Å². The first-order valence-electron chi connectivity index (χ1n) is 27.1. The van der Waals surface area contributed by atoms with Crippen LogP contribution < -0.4 is 5.32 Å². The molecule has 0 unspecified atom stereocenters. The van der Waals surface area contributed by atoms with Crippen molar-refractivity contribution in [2.24, 2.45) is 0 Å². The van der Waals surface area contributed by atoms with E-state index in [1.165, 1.54) is 29.3 Å². The molecule has 1 N–H and O–H groups in total. The van der Waals surface area contributed by atoms with Crippen molar-refractivity contribution in [3.63, 3.8) is 0 Å². The molecule has 3 aliphatic rings. The quantitative estimate of drug-likeness (QED) is 0.0579. The highest BCUT2D eigenvalue weighted by Gasteiger charge is 2.33. The van der Waals surface area contributed by atoms with Gasteiger partial charge in [-0.2, -0.15) is 0 Å². The number of rotatable bonds is 16. The van der Waals surface area contributed by atoms with E-state index in [0.29, 0.717) is 34.9 Å². The maximum atomic E-state index is 14.0. The molecule has 0 radical (unpaired) electrons. The molecule has 3 aliphatic heterocycles. The van der Waals surface area contributed by atoms with Crippen molar-refractivity contribution in [3.8, 4) is 0 Å². The van der Waals surface area contributed by atoms with Gasteiger partial charge in [-0.05, 0) is 106 Å². The summed E-state index contributed by atoms with van der Waals surface area (Å²) in [5, 5.41) is 5.34. The number of nitrogens with one attached hydrogen (secondary N) is 1. The summed E-state index contributed by atoms with van der Waals surface area (Å²) in [6, 6.07) is 64.5. The van der Waals surface area contributed by atoms with Crippen molar-refractivity contribution < 1.29 is 27.4 Å². The average molecular weight is 1340 g/mol. The van der Waals surface area contributed by atoms with Gasteiger partial charge in [0.15, 0.2) is 0 Å². The summed E-state index contributed by atoms with van der Waals surface area (Å²) in [5.74, 6) is -0.695. The van der Waals surface area contributed by atoms with Crippen LogP contribution in [0.1, 0.15) is 43.6 Å². The SMILES string of the molecule is CI.Fc1cccc([C@@H](Sc2ccccc2Cl)[C@H]2CN(Cc3ccccc3)CCO2)c1.Fc1cccc([C@@H](Sc2ccccc2Cl)[C@H]2CNCCO2)c1.Fc1cccc([C@H](Sc2ccccc2Cl)[C@@H]2CN(Cc3ccccc3)CCO2)c1. The van der Waals surface area contributed by atoms with E-state index >= 15 is 0 Å². The Bertz CT molecular complexity index is 3020. The molecule has 0 amide bonds. The van der Waals surface area contributed by atoms with Gasteiger partial charge in [0, 0.05) is 67.0 Å². The van der Waals surface area contributed by atoms with Gasteiger partial charge in [0.1, 0.15) is 17.5 Å². The van der Waals surface area contributed by atoms with Crippen molar-refractivity contribution in [1.82, 2.24) is 15.1 Å². The summed E-state index contributed by atoms with van der Waals surface area (Å²) in [7, 11) is 0. The molecular weight excluding hydrogens is 1270 g/mol. The Balaban J connectivity index is 0.000000160. The van der Waals surface area contributed by atoms with Gasteiger partial charge >= 0.3 is 0 Å². The number of benzene rings is 8. The van der Waals surface area contributed by atoms with E-state index < -0.39 is 0 Å². The van der Waals surface area contributed by atoms with Crippen LogP contribution in [0, 0.1) is 17.5 Å². The van der Waals surface area contributed by atoms with Gasteiger partial charge in [0.05, 0.1) is 69.0 Å². The predicted molar refractivity (Wildman–Crippen MR) is 345 cm³/mol. The maximum Gasteiger partial charge on any atom is 0.123 e. The molecule has 0 aliphatic carbocycles. The highest BCUT2D eigenvalue weighted by molar-refractivity contribution is 14.1. The summed E-state index contributed by atoms with van der Waals surface area (Å²) in [4.78, 5) is 9.72. The molecule has 8 aromatic carbocycles. The van der Waals surface area contributed by atoms with Crippen LogP contribution in [0.15, 0.2) is 221 Å². The van der Waals surface area contributed by atoms with Crippen molar-refractivity contribution >= 4 is 92.7 Å². The second-order valence-electron chi connectivity index (χ2n) is 19.4. The lowest BCUT2D eigenvalue weighted by Gasteiger charge is -2.37. The first-order chi connectivity index (χ1) is 40.1. The van der Waals surface area contributed by atoms with Gasteiger partial charge in [-0.15, -0.1) is 35.3 Å². The minimum Gasteiger partial charge on any atom is -0.374 e. The summed E-state index contributed by atoms with van der Waals surface area (Å²) in [6.07, 6.45) is -0.136. The lowest BCUT2D eigenvalue weighted by Crippen LogP contribution is -2.44. The molecule has 3 saturated heterocycles. The number of alkyl halides is 1. The van der Waals surface area contributed by atoms with Crippen LogP contribution in [-0.2, 0) is 27.3 Å². The lowest BCUT2D eigenvalue weighted by molar-refractivity contribution is -0.0321. The Morgan fingerprint density at radius 2 is 0.793 bits per heavy atom. The Morgan fingerprint density at radius 3 is 1.13 bits per heavy atom. The number of hydrogen-bond donors (Lipinski definition) is 1. The highest BCUT2D eigenvalue weighted by Crippen LogP contribution is 2.45. The Labute approximate surface area is 523 Å². The number of thioether (sulfide) groups is 3. The fraction of sp³-hybridized carbons (Fsp3) is 0.273. The fourth-order valence-corrected chi connectivity index (χ4v) is 14.2. The van der Waals surface area contributed by atoms with Gasteiger partial charge < -0.3 is 19.5 Å². The molecule has 16 heteroatoms. The van der Waals surface area contributed by atoms with Crippen LogP contribution in [0.3, 0.4) is 0 Å². The van der Waals surface area contributed by atoms with Crippen LogP contribution in [0.4, 0.5) is 13.2 Å². The first kappa shape index (κ1) is 64.0. The largest absolute Gasteiger partial charge is 0.374 e. The van der Waals surface area contributed by atoms with Gasteiger partial charge in [-0.1, -0.05) is 191 Å². The molecular formula is C66H66Cl3F3IN3O3S3. The average Bonchev–Trinajstić information content (AvgIpc) is 3.57. The molecule has 0 saturated carbocycles. The van der Waals surface area contributed by atoms with Gasteiger partial charge in [-0.3, -0.25) is 9.80 Å². The zero-order chi connectivity index (χ0) is 57.5. The molecule has 6 nitrogen and oxygen atoms in total. The Hall–Kier alpha value is -4.04. The third-order valence-electron chi connectivity index (χ3n) is 13.6. The lowest BCUT2D eigenvalue weighted by atomic mass is 10.1. The van der Waals surface area contributed by atoms with E-state index in [1.54, 1.807) is 71.7 Å². The van der Waals surface area contributed by atoms with Crippen LogP contribution in [0.2, 0.25) is 15.1 Å². The number of morpholine rings is 3. The van der Waals surface area contributed by atoms with Crippen molar-refractivity contribution in [2.45, 2.75) is 61.8 Å².